The number of methoxy groups -OCH3 is 1. The van der Waals surface area contributed by atoms with Gasteiger partial charge in [-0.1, -0.05) is 5.16 Å². The molecule has 0 unspecified atom stereocenters. The number of carbonyl (C=O) groups excluding carboxylic acids is 1. The largest absolute Gasteiger partial charge is 0.497 e. The summed E-state index contributed by atoms with van der Waals surface area (Å²) in [5.74, 6) is -1.16. The van der Waals surface area contributed by atoms with Gasteiger partial charge in [0.05, 0.1) is 12.7 Å². The van der Waals surface area contributed by atoms with Gasteiger partial charge in [0.2, 0.25) is 5.69 Å². The van der Waals surface area contributed by atoms with Crippen molar-refractivity contribution in [2.45, 2.75) is 0 Å². The van der Waals surface area contributed by atoms with Crippen LogP contribution in [0.1, 0.15) is 26.4 Å². The van der Waals surface area contributed by atoms with E-state index in [1.54, 1.807) is 24.3 Å². The highest BCUT2D eigenvalue weighted by molar-refractivity contribution is 6.13. The van der Waals surface area contributed by atoms with E-state index in [1.165, 1.54) is 7.11 Å². The third kappa shape index (κ3) is 2.08. The number of nitrogens with zero attached hydrogens (tertiary/aromatic N) is 1. The summed E-state index contributed by atoms with van der Waals surface area (Å²) in [6.07, 6.45) is 1.02. The molecule has 0 radical (unpaired) electrons. The molecule has 0 aliphatic carbocycles. The molecule has 1 aromatic carbocycles. The highest BCUT2D eigenvalue weighted by Gasteiger charge is 2.22. The fraction of sp³-hybridized carbons (Fsp3) is 0.0833. The van der Waals surface area contributed by atoms with Crippen LogP contribution >= 0.6 is 0 Å². The van der Waals surface area contributed by atoms with Crippen LogP contribution in [0.25, 0.3) is 0 Å². The third-order valence-corrected chi connectivity index (χ3v) is 2.37. The maximum absolute atomic E-state index is 12.0. The first-order valence-corrected chi connectivity index (χ1v) is 5.00. The van der Waals surface area contributed by atoms with Gasteiger partial charge in [0.1, 0.15) is 12.0 Å². The number of carbonyl (C=O) groups is 2. The van der Waals surface area contributed by atoms with Crippen molar-refractivity contribution in [2.75, 3.05) is 7.11 Å². The molecule has 0 spiro atoms. The van der Waals surface area contributed by atoms with Gasteiger partial charge in [0.15, 0.2) is 5.78 Å². The SMILES string of the molecule is COc1ccc(C(=O)c2conc2C(=O)O)cc1. The molecule has 0 fully saturated rings. The molecule has 0 bridgehead atoms. The Labute approximate surface area is 102 Å². The minimum Gasteiger partial charge on any atom is -0.497 e. The summed E-state index contributed by atoms with van der Waals surface area (Å²) in [5, 5.41) is 12.1. The number of benzene rings is 1. The highest BCUT2D eigenvalue weighted by atomic mass is 16.5. The van der Waals surface area contributed by atoms with Crippen molar-refractivity contribution in [1.29, 1.82) is 0 Å². The lowest BCUT2D eigenvalue weighted by molar-refractivity contribution is 0.0682. The molecule has 2 aromatic rings. The number of rotatable bonds is 4. The summed E-state index contributed by atoms with van der Waals surface area (Å²) in [5.41, 5.74) is -0.134. The quantitative estimate of drug-likeness (QED) is 0.825. The molecule has 0 saturated carbocycles. The summed E-state index contributed by atoms with van der Waals surface area (Å²) >= 11 is 0. The van der Waals surface area contributed by atoms with Crippen molar-refractivity contribution < 1.29 is 24.0 Å². The standard InChI is InChI=1S/C12H9NO5/c1-17-8-4-2-7(3-5-8)11(14)9-6-18-13-10(9)12(15)16/h2-6H,1H3,(H,15,16). The van der Waals surface area contributed by atoms with Crippen molar-refractivity contribution in [3.05, 3.63) is 47.3 Å². The van der Waals surface area contributed by atoms with Crippen molar-refractivity contribution >= 4 is 11.8 Å². The third-order valence-electron chi connectivity index (χ3n) is 2.37. The Balaban J connectivity index is 2.35. The molecule has 1 aromatic heterocycles. The number of hydrogen-bond donors (Lipinski definition) is 1. The molecule has 0 atom stereocenters. The van der Waals surface area contributed by atoms with Crippen LogP contribution in [0.2, 0.25) is 0 Å². The average molecular weight is 247 g/mol. The van der Waals surface area contributed by atoms with Crippen LogP contribution in [0.15, 0.2) is 35.1 Å². The lowest BCUT2D eigenvalue weighted by Gasteiger charge is -2.01. The monoisotopic (exact) mass is 247 g/mol. The van der Waals surface area contributed by atoms with Crippen LogP contribution in [-0.4, -0.2) is 29.1 Å². The van der Waals surface area contributed by atoms with Gasteiger partial charge in [-0.25, -0.2) is 4.79 Å². The van der Waals surface area contributed by atoms with Crippen molar-refractivity contribution in [2.24, 2.45) is 0 Å². The Morgan fingerprint density at radius 3 is 2.50 bits per heavy atom. The topological polar surface area (TPSA) is 89.6 Å². The molecule has 92 valence electrons. The molecule has 6 nitrogen and oxygen atoms in total. The van der Waals surface area contributed by atoms with Gasteiger partial charge in [-0.2, -0.15) is 0 Å². The molecule has 0 amide bonds. The first-order chi connectivity index (χ1) is 8.63. The Hall–Kier alpha value is -2.63. The van der Waals surface area contributed by atoms with Gasteiger partial charge in [0, 0.05) is 5.56 Å². The zero-order chi connectivity index (χ0) is 13.1. The van der Waals surface area contributed by atoms with Crippen LogP contribution in [0, 0.1) is 0 Å². The van der Waals surface area contributed by atoms with E-state index in [9.17, 15) is 9.59 Å². The zero-order valence-electron chi connectivity index (χ0n) is 9.41. The molecule has 1 N–H and O–H groups in total. The van der Waals surface area contributed by atoms with Gasteiger partial charge < -0.3 is 14.4 Å². The van der Waals surface area contributed by atoms with E-state index in [0.29, 0.717) is 11.3 Å². The normalized spacial score (nSPS) is 10.1. The number of hydrogen-bond acceptors (Lipinski definition) is 5. The number of aromatic carboxylic acids is 1. The van der Waals surface area contributed by atoms with Crippen LogP contribution in [0.5, 0.6) is 5.75 Å². The van der Waals surface area contributed by atoms with E-state index >= 15 is 0 Å². The van der Waals surface area contributed by atoms with Crippen LogP contribution in [0.3, 0.4) is 0 Å². The number of ether oxygens (including phenoxy) is 1. The molecule has 2 rings (SSSR count). The maximum Gasteiger partial charge on any atom is 0.358 e. The molecule has 0 aliphatic rings. The second-order valence-corrected chi connectivity index (χ2v) is 3.44. The van der Waals surface area contributed by atoms with E-state index in [2.05, 4.69) is 9.68 Å². The van der Waals surface area contributed by atoms with Gasteiger partial charge in [-0.05, 0) is 24.3 Å². The van der Waals surface area contributed by atoms with E-state index in [4.69, 9.17) is 9.84 Å². The predicted octanol–water partition coefficient (Wildman–Crippen LogP) is 1.61. The lowest BCUT2D eigenvalue weighted by atomic mass is 10.0. The van der Waals surface area contributed by atoms with Crippen molar-refractivity contribution in [3.8, 4) is 5.75 Å². The summed E-state index contributed by atoms with van der Waals surface area (Å²) in [7, 11) is 1.51. The number of aromatic nitrogens is 1. The second kappa shape index (κ2) is 4.70. The summed E-state index contributed by atoms with van der Waals surface area (Å²) in [6, 6.07) is 6.31. The Bertz CT molecular complexity index is 585. The average Bonchev–Trinajstić information content (AvgIpc) is 2.87. The molecule has 0 saturated heterocycles. The van der Waals surface area contributed by atoms with E-state index in [1.807, 2.05) is 0 Å². The Morgan fingerprint density at radius 2 is 1.94 bits per heavy atom. The lowest BCUT2D eigenvalue weighted by Crippen LogP contribution is -2.08. The second-order valence-electron chi connectivity index (χ2n) is 3.44. The van der Waals surface area contributed by atoms with Crippen molar-refractivity contribution in [1.82, 2.24) is 5.16 Å². The molecule has 6 heteroatoms. The molecule has 0 aliphatic heterocycles. The molecular formula is C12H9NO5. The molecular weight excluding hydrogens is 238 g/mol. The zero-order valence-corrected chi connectivity index (χ0v) is 9.41. The number of ketones is 1. The predicted molar refractivity (Wildman–Crippen MR) is 59.9 cm³/mol. The number of carboxylic acid groups (broad SMARTS) is 1. The van der Waals surface area contributed by atoms with Gasteiger partial charge in [-0.15, -0.1) is 0 Å². The Morgan fingerprint density at radius 1 is 1.28 bits per heavy atom. The van der Waals surface area contributed by atoms with Crippen molar-refractivity contribution in [3.63, 3.8) is 0 Å². The first-order valence-electron chi connectivity index (χ1n) is 5.00. The highest BCUT2D eigenvalue weighted by Crippen LogP contribution is 2.17. The van der Waals surface area contributed by atoms with Gasteiger partial charge in [-0.3, -0.25) is 4.79 Å². The van der Waals surface area contributed by atoms with Gasteiger partial charge >= 0.3 is 5.97 Å². The fourth-order valence-electron chi connectivity index (χ4n) is 1.45. The minimum atomic E-state index is -1.30. The molecule has 18 heavy (non-hydrogen) atoms. The summed E-state index contributed by atoms with van der Waals surface area (Å²) in [4.78, 5) is 22.9. The van der Waals surface area contributed by atoms with Crippen LogP contribution in [0.4, 0.5) is 0 Å². The summed E-state index contributed by atoms with van der Waals surface area (Å²) < 4.78 is 9.48. The fourth-order valence-corrected chi connectivity index (χ4v) is 1.45. The number of carboxylic acids is 1. The Kier molecular flexibility index (Phi) is 3.09. The molecule has 1 heterocycles. The maximum atomic E-state index is 12.0. The van der Waals surface area contributed by atoms with E-state index in [-0.39, 0.29) is 5.56 Å². The smallest absolute Gasteiger partial charge is 0.358 e. The first kappa shape index (κ1) is 11.8. The van der Waals surface area contributed by atoms with E-state index < -0.39 is 17.4 Å². The summed E-state index contributed by atoms with van der Waals surface area (Å²) in [6.45, 7) is 0. The minimum absolute atomic E-state index is 0.0762. The van der Waals surface area contributed by atoms with E-state index in [0.717, 1.165) is 6.26 Å². The van der Waals surface area contributed by atoms with Crippen LogP contribution in [-0.2, 0) is 0 Å². The van der Waals surface area contributed by atoms with Gasteiger partial charge in [0.25, 0.3) is 0 Å². The van der Waals surface area contributed by atoms with Crippen LogP contribution < -0.4 is 4.74 Å².